The Balaban J connectivity index is 0.000000300. The molecule has 0 aliphatic heterocycles. The molecule has 9 heteroatoms. The van der Waals surface area contributed by atoms with Gasteiger partial charge in [0, 0.05) is 5.57 Å². The van der Waals surface area contributed by atoms with Crippen LogP contribution >= 0.6 is 11.3 Å². The monoisotopic (exact) mass is 435 g/mol. The number of hydrogen-bond acceptors (Lipinski definition) is 4. The average Bonchev–Trinajstić information content (AvgIpc) is 3.25. The number of hydrogen-bond donors (Lipinski definition) is 0. The average molecular weight is 436 g/mol. The van der Waals surface area contributed by atoms with Crippen molar-refractivity contribution in [2.75, 3.05) is 14.1 Å². The molecule has 1 heterocycles. The van der Waals surface area contributed by atoms with Gasteiger partial charge in [-0.25, -0.2) is 13.0 Å². The van der Waals surface area contributed by atoms with E-state index in [4.69, 9.17) is 13.0 Å². The van der Waals surface area contributed by atoms with Crippen LogP contribution in [0.2, 0.25) is 0 Å². The van der Waals surface area contributed by atoms with Crippen LogP contribution in [-0.2, 0) is 10.1 Å². The zero-order valence-corrected chi connectivity index (χ0v) is 17.9. The molecule has 0 N–H and O–H groups in total. The number of halogens is 3. The summed E-state index contributed by atoms with van der Waals surface area (Å²) in [5.74, 6) is 0.864. The van der Waals surface area contributed by atoms with Crippen LogP contribution < -0.4 is 0 Å². The Morgan fingerprint density at radius 3 is 2.11 bits per heavy atom. The molecule has 0 unspecified atom stereocenters. The standard InChI is InChI=1S/C18H24NS.CHF3O3S/c1-12-10-15(14-7-8-14)16(11-13(12)2)18(19(3)4)17-6-5-9-20-17;2-1(3,4)8(5,6)7/h5-6,9,14H,7-8,10-11H2,1-4H3;(H,5,6,7)/q+1;/p-1. The minimum Gasteiger partial charge on any atom is -0.741 e. The maximum Gasteiger partial charge on any atom is 0.485 e. The number of nitrogens with zero attached hydrogens (tertiary/aromatic N) is 1. The molecule has 2 aliphatic rings. The highest BCUT2D eigenvalue weighted by Crippen LogP contribution is 2.45. The van der Waals surface area contributed by atoms with Gasteiger partial charge in [-0.3, -0.25) is 0 Å². The quantitative estimate of drug-likeness (QED) is 0.227. The van der Waals surface area contributed by atoms with E-state index in [-0.39, 0.29) is 0 Å². The van der Waals surface area contributed by atoms with Crippen molar-refractivity contribution in [2.24, 2.45) is 5.92 Å². The third-order valence-corrected chi connectivity index (χ3v) is 6.30. The van der Waals surface area contributed by atoms with Gasteiger partial charge in [-0.15, -0.1) is 11.3 Å². The van der Waals surface area contributed by atoms with E-state index in [2.05, 4.69) is 50.0 Å². The number of thiophene rings is 1. The molecule has 0 spiro atoms. The first-order chi connectivity index (χ1) is 12.8. The van der Waals surface area contributed by atoms with Gasteiger partial charge in [0.2, 0.25) is 5.71 Å². The van der Waals surface area contributed by atoms with Gasteiger partial charge in [0.15, 0.2) is 10.1 Å². The summed E-state index contributed by atoms with van der Waals surface area (Å²) in [6.45, 7) is 4.62. The SMILES string of the molecule is CC1=C(C)CC(C2CC2)=C(C(c2cccs2)=[N+](C)C)C1.O=S(=O)([O-])C(F)(F)F. The first kappa shape index (κ1) is 22.8. The number of allylic oxidation sites excluding steroid dienone is 4. The summed E-state index contributed by atoms with van der Waals surface area (Å²) in [7, 11) is -1.72. The minimum atomic E-state index is -6.09. The number of alkyl halides is 3. The molecule has 1 fully saturated rings. The number of rotatable bonds is 3. The Hall–Kier alpha value is -1.45. The Morgan fingerprint density at radius 2 is 1.71 bits per heavy atom. The van der Waals surface area contributed by atoms with Gasteiger partial charge in [-0.05, 0) is 56.9 Å². The molecule has 0 atom stereocenters. The lowest BCUT2D eigenvalue weighted by atomic mass is 9.82. The van der Waals surface area contributed by atoms with Gasteiger partial charge >= 0.3 is 5.51 Å². The Labute approximate surface area is 167 Å². The summed E-state index contributed by atoms with van der Waals surface area (Å²) in [6.07, 6.45) is 5.14. The summed E-state index contributed by atoms with van der Waals surface area (Å²) < 4.78 is 61.2. The van der Waals surface area contributed by atoms with Crippen molar-refractivity contribution in [3.05, 3.63) is 44.7 Å². The van der Waals surface area contributed by atoms with Crippen LogP contribution in [0.15, 0.2) is 39.8 Å². The lowest BCUT2D eigenvalue weighted by Crippen LogP contribution is -2.21. The molecule has 2 aliphatic carbocycles. The predicted molar refractivity (Wildman–Crippen MR) is 104 cm³/mol. The molecule has 28 heavy (non-hydrogen) atoms. The van der Waals surface area contributed by atoms with E-state index in [1.807, 2.05) is 11.3 Å². The fourth-order valence-corrected chi connectivity index (χ4v) is 4.06. The highest BCUT2D eigenvalue weighted by Gasteiger charge is 2.37. The van der Waals surface area contributed by atoms with E-state index in [9.17, 15) is 13.2 Å². The molecule has 0 bridgehead atoms. The molecule has 0 aromatic carbocycles. The van der Waals surface area contributed by atoms with Crippen molar-refractivity contribution in [3.8, 4) is 0 Å². The van der Waals surface area contributed by atoms with Gasteiger partial charge in [0.05, 0.1) is 4.88 Å². The molecule has 0 amide bonds. The maximum absolute atomic E-state index is 10.7. The normalized spacial score (nSPS) is 18.0. The van der Waals surface area contributed by atoms with E-state index < -0.39 is 15.6 Å². The van der Waals surface area contributed by atoms with Crippen molar-refractivity contribution in [2.45, 2.75) is 45.0 Å². The molecule has 156 valence electrons. The lowest BCUT2D eigenvalue weighted by molar-refractivity contribution is -0.463. The fraction of sp³-hybridized carbons (Fsp3) is 0.526. The third-order valence-electron chi connectivity index (χ3n) is 4.85. The molecular formula is C19H24F3NO3S2. The zero-order valence-electron chi connectivity index (χ0n) is 16.3. The van der Waals surface area contributed by atoms with Crippen molar-refractivity contribution in [3.63, 3.8) is 0 Å². The van der Waals surface area contributed by atoms with Crippen LogP contribution in [0.1, 0.15) is 44.4 Å². The summed E-state index contributed by atoms with van der Waals surface area (Å²) in [6, 6.07) is 4.43. The molecule has 1 aromatic rings. The summed E-state index contributed by atoms with van der Waals surface area (Å²) in [5, 5.41) is 2.19. The highest BCUT2D eigenvalue weighted by atomic mass is 32.2. The van der Waals surface area contributed by atoms with Crippen LogP contribution in [0.4, 0.5) is 13.2 Å². The molecule has 0 saturated heterocycles. The van der Waals surface area contributed by atoms with Crippen molar-refractivity contribution in [1.29, 1.82) is 0 Å². The summed E-state index contributed by atoms with van der Waals surface area (Å²) in [5.41, 5.74) is 2.31. The second kappa shape index (κ2) is 8.51. The third kappa shape index (κ3) is 5.55. The van der Waals surface area contributed by atoms with Gasteiger partial charge in [0.1, 0.15) is 14.1 Å². The largest absolute Gasteiger partial charge is 0.741 e. The van der Waals surface area contributed by atoms with Crippen LogP contribution in [0.3, 0.4) is 0 Å². The first-order valence-electron chi connectivity index (χ1n) is 8.80. The predicted octanol–water partition coefficient (Wildman–Crippen LogP) is 4.70. The molecule has 1 aromatic heterocycles. The van der Waals surface area contributed by atoms with Gasteiger partial charge in [-0.1, -0.05) is 22.8 Å². The fourth-order valence-electron chi connectivity index (χ4n) is 3.18. The lowest BCUT2D eigenvalue weighted by Gasteiger charge is -2.22. The smallest absolute Gasteiger partial charge is 0.485 e. The first-order valence-corrected chi connectivity index (χ1v) is 11.1. The highest BCUT2D eigenvalue weighted by molar-refractivity contribution is 7.86. The van der Waals surface area contributed by atoms with Crippen LogP contribution in [0, 0.1) is 5.92 Å². The van der Waals surface area contributed by atoms with E-state index in [0.717, 1.165) is 12.3 Å². The Kier molecular flexibility index (Phi) is 6.94. The van der Waals surface area contributed by atoms with Gasteiger partial charge in [-0.2, -0.15) is 13.2 Å². The molecule has 3 rings (SSSR count). The van der Waals surface area contributed by atoms with Crippen molar-refractivity contribution in [1.82, 2.24) is 0 Å². The van der Waals surface area contributed by atoms with Crippen molar-refractivity contribution >= 4 is 27.2 Å². The maximum atomic E-state index is 10.7. The van der Waals surface area contributed by atoms with Crippen molar-refractivity contribution < 1.29 is 30.7 Å². The molecule has 0 radical (unpaired) electrons. The van der Waals surface area contributed by atoms with E-state index in [0.29, 0.717) is 0 Å². The van der Waals surface area contributed by atoms with Crippen LogP contribution in [0.5, 0.6) is 0 Å². The molecule has 4 nitrogen and oxygen atoms in total. The van der Waals surface area contributed by atoms with E-state index in [1.54, 1.807) is 22.3 Å². The Morgan fingerprint density at radius 1 is 1.18 bits per heavy atom. The second-order valence-corrected chi connectivity index (χ2v) is 9.63. The van der Waals surface area contributed by atoms with Crippen LogP contribution in [-0.4, -0.2) is 42.9 Å². The summed E-state index contributed by atoms with van der Waals surface area (Å²) >= 11 is 1.86. The minimum absolute atomic E-state index is 0.864. The topological polar surface area (TPSA) is 60.2 Å². The summed E-state index contributed by atoms with van der Waals surface area (Å²) in [4.78, 5) is 1.41. The van der Waals surface area contributed by atoms with Gasteiger partial charge in [0.25, 0.3) is 0 Å². The Bertz CT molecular complexity index is 916. The zero-order chi connectivity index (χ0) is 21.3. The molecular weight excluding hydrogens is 411 g/mol. The van der Waals surface area contributed by atoms with Crippen LogP contribution in [0.25, 0.3) is 0 Å². The van der Waals surface area contributed by atoms with E-state index in [1.165, 1.54) is 29.9 Å². The molecule has 1 saturated carbocycles. The second-order valence-electron chi connectivity index (χ2n) is 7.31. The van der Waals surface area contributed by atoms with Gasteiger partial charge < -0.3 is 4.55 Å². The van der Waals surface area contributed by atoms with E-state index >= 15 is 0 Å².